The molecule has 112 valence electrons. The van der Waals surface area contributed by atoms with Crippen LogP contribution in [-0.4, -0.2) is 16.8 Å². The molecular formula is C14H13ClO4S2. The summed E-state index contributed by atoms with van der Waals surface area (Å²) in [7, 11) is -9.06. The molecule has 0 N–H and O–H groups in total. The predicted molar refractivity (Wildman–Crippen MR) is 81.7 cm³/mol. The van der Waals surface area contributed by atoms with Crippen molar-refractivity contribution in [1.82, 2.24) is 0 Å². The Balaban J connectivity index is 2.68. The van der Waals surface area contributed by atoms with E-state index in [-0.39, 0.29) is 9.79 Å². The van der Waals surface area contributed by atoms with E-state index in [0.29, 0.717) is 16.1 Å². The van der Waals surface area contributed by atoms with Crippen LogP contribution in [0.2, 0.25) is 5.02 Å². The molecule has 2 aromatic carbocycles. The summed E-state index contributed by atoms with van der Waals surface area (Å²) in [6, 6.07) is 9.71. The second kappa shape index (κ2) is 5.44. The average molecular weight is 345 g/mol. The quantitative estimate of drug-likeness (QED) is 0.802. The highest BCUT2D eigenvalue weighted by molar-refractivity contribution is 8.67. The van der Waals surface area contributed by atoms with Crippen LogP contribution in [0.4, 0.5) is 0 Å². The van der Waals surface area contributed by atoms with Crippen molar-refractivity contribution >= 4 is 29.3 Å². The molecule has 2 aromatic rings. The maximum atomic E-state index is 12.5. The zero-order valence-corrected chi connectivity index (χ0v) is 13.8. The average Bonchev–Trinajstić information content (AvgIpc) is 2.41. The lowest BCUT2D eigenvalue weighted by Gasteiger charge is -2.10. The van der Waals surface area contributed by atoms with Crippen LogP contribution in [0.25, 0.3) is 0 Å². The Morgan fingerprint density at radius 3 is 1.95 bits per heavy atom. The third-order valence-electron chi connectivity index (χ3n) is 3.00. The van der Waals surface area contributed by atoms with E-state index >= 15 is 0 Å². The fraction of sp³-hybridized carbons (Fsp3) is 0.143. The molecule has 7 heteroatoms. The van der Waals surface area contributed by atoms with Gasteiger partial charge in [0.2, 0.25) is 0 Å². The lowest BCUT2D eigenvalue weighted by atomic mass is 10.2. The van der Waals surface area contributed by atoms with Crippen molar-refractivity contribution in [3.63, 3.8) is 0 Å². The first kappa shape index (κ1) is 16.0. The molecule has 21 heavy (non-hydrogen) atoms. The molecule has 0 spiro atoms. The molecule has 0 fully saturated rings. The lowest BCUT2D eigenvalue weighted by molar-refractivity contribution is 0.582. The summed E-state index contributed by atoms with van der Waals surface area (Å²) in [6.07, 6.45) is 0. The third-order valence-corrected chi connectivity index (χ3v) is 8.51. The normalized spacial score (nSPS) is 12.3. The van der Waals surface area contributed by atoms with E-state index in [0.717, 1.165) is 0 Å². The minimum atomic E-state index is -4.53. The topological polar surface area (TPSA) is 68.3 Å². The molecule has 0 radical (unpaired) electrons. The van der Waals surface area contributed by atoms with Gasteiger partial charge in [0.15, 0.2) is 0 Å². The van der Waals surface area contributed by atoms with Crippen molar-refractivity contribution in [2.75, 3.05) is 0 Å². The van der Waals surface area contributed by atoms with E-state index in [2.05, 4.69) is 0 Å². The highest BCUT2D eigenvalue weighted by Crippen LogP contribution is 2.28. The van der Waals surface area contributed by atoms with Crippen LogP contribution in [0, 0.1) is 13.8 Å². The molecule has 4 nitrogen and oxygen atoms in total. The highest BCUT2D eigenvalue weighted by atomic mass is 35.5. The van der Waals surface area contributed by atoms with E-state index in [9.17, 15) is 16.8 Å². The largest absolute Gasteiger partial charge is 0.286 e. The summed E-state index contributed by atoms with van der Waals surface area (Å²) >= 11 is 5.69. The zero-order valence-electron chi connectivity index (χ0n) is 11.4. The first-order chi connectivity index (χ1) is 9.66. The SMILES string of the molecule is Cc1ccc(C)c(S(=O)(=O)S(=O)(=O)c2ccc(Cl)cc2)c1. The lowest BCUT2D eigenvalue weighted by Crippen LogP contribution is -2.17. The maximum absolute atomic E-state index is 12.5. The molecule has 0 aliphatic carbocycles. The van der Waals surface area contributed by atoms with Gasteiger partial charge in [-0.3, -0.25) is 0 Å². The van der Waals surface area contributed by atoms with E-state index in [1.54, 1.807) is 26.0 Å². The monoisotopic (exact) mass is 344 g/mol. The second-order valence-corrected chi connectivity index (χ2v) is 10.4. The molecule has 2 rings (SSSR count). The van der Waals surface area contributed by atoms with E-state index in [1.807, 2.05) is 0 Å². The molecule has 0 aliphatic heterocycles. The number of halogens is 1. The van der Waals surface area contributed by atoms with Crippen molar-refractivity contribution in [3.8, 4) is 0 Å². The molecule has 0 heterocycles. The molecule has 0 atom stereocenters. The summed E-state index contributed by atoms with van der Waals surface area (Å²) in [5, 5.41) is 0.332. The highest BCUT2D eigenvalue weighted by Gasteiger charge is 2.34. The zero-order chi connectivity index (χ0) is 15.8. The Kier molecular flexibility index (Phi) is 4.15. The summed E-state index contributed by atoms with van der Waals surface area (Å²) in [4.78, 5) is -0.495. The Hall–Kier alpha value is -1.37. The Morgan fingerprint density at radius 2 is 1.38 bits per heavy atom. The molecule has 0 aliphatic rings. The summed E-state index contributed by atoms with van der Waals surface area (Å²) in [6.45, 7) is 3.26. The maximum Gasteiger partial charge on any atom is 0.286 e. The number of aryl methyl sites for hydroxylation is 2. The van der Waals surface area contributed by atoms with Crippen LogP contribution in [0.1, 0.15) is 11.1 Å². The number of benzene rings is 2. The number of rotatable bonds is 3. The molecule has 0 bridgehead atoms. The van der Waals surface area contributed by atoms with Gasteiger partial charge in [0.25, 0.3) is 17.7 Å². The second-order valence-electron chi connectivity index (χ2n) is 4.63. The van der Waals surface area contributed by atoms with E-state index < -0.39 is 17.7 Å². The molecule has 0 amide bonds. The first-order valence-electron chi connectivity index (χ1n) is 5.99. The van der Waals surface area contributed by atoms with Crippen LogP contribution in [0.5, 0.6) is 0 Å². The van der Waals surface area contributed by atoms with Gasteiger partial charge < -0.3 is 0 Å². The van der Waals surface area contributed by atoms with Crippen molar-refractivity contribution in [3.05, 3.63) is 58.6 Å². The van der Waals surface area contributed by atoms with Crippen LogP contribution < -0.4 is 0 Å². The predicted octanol–water partition coefficient (Wildman–Crippen LogP) is 3.12. The molecule has 0 unspecified atom stereocenters. The number of hydrogen-bond acceptors (Lipinski definition) is 4. The van der Waals surface area contributed by atoms with Crippen LogP contribution in [0.3, 0.4) is 0 Å². The minimum absolute atomic E-state index is 0.197. The Morgan fingerprint density at radius 1 is 0.810 bits per heavy atom. The van der Waals surface area contributed by atoms with Gasteiger partial charge in [-0.15, -0.1) is 0 Å². The van der Waals surface area contributed by atoms with E-state index in [1.165, 1.54) is 30.3 Å². The van der Waals surface area contributed by atoms with Gasteiger partial charge in [-0.05, 0) is 55.3 Å². The summed E-state index contributed by atoms with van der Waals surface area (Å²) in [5.74, 6) is 0. The van der Waals surface area contributed by atoms with Crippen molar-refractivity contribution in [2.24, 2.45) is 0 Å². The van der Waals surface area contributed by atoms with Gasteiger partial charge in [-0.1, -0.05) is 23.7 Å². The molecule has 0 aromatic heterocycles. The van der Waals surface area contributed by atoms with Crippen molar-refractivity contribution in [2.45, 2.75) is 23.6 Å². The standard InChI is InChI=1S/C14H13ClO4S2/c1-10-3-4-11(2)14(9-10)21(18,19)20(16,17)13-7-5-12(15)6-8-13/h3-9H,1-2H3. The Labute approximate surface area is 128 Å². The van der Waals surface area contributed by atoms with Crippen molar-refractivity contribution < 1.29 is 16.8 Å². The van der Waals surface area contributed by atoms with Gasteiger partial charge in [0.1, 0.15) is 0 Å². The van der Waals surface area contributed by atoms with E-state index in [4.69, 9.17) is 11.6 Å². The smallest absolute Gasteiger partial charge is 0.207 e. The summed E-state index contributed by atoms with van der Waals surface area (Å²) in [5.41, 5.74) is 1.06. The fourth-order valence-corrected chi connectivity index (χ4v) is 6.04. The first-order valence-corrected chi connectivity index (χ1v) is 9.85. The van der Waals surface area contributed by atoms with Crippen LogP contribution in [-0.2, 0) is 17.7 Å². The van der Waals surface area contributed by atoms with Gasteiger partial charge >= 0.3 is 0 Å². The van der Waals surface area contributed by atoms with Gasteiger partial charge in [-0.25, -0.2) is 16.8 Å². The third kappa shape index (κ3) is 2.84. The molecule has 0 saturated carbocycles. The molecule has 0 saturated heterocycles. The fourth-order valence-electron chi connectivity index (χ4n) is 1.82. The molecular weight excluding hydrogens is 332 g/mol. The number of hydrogen-bond donors (Lipinski definition) is 0. The van der Waals surface area contributed by atoms with Crippen LogP contribution in [0.15, 0.2) is 52.3 Å². The van der Waals surface area contributed by atoms with Gasteiger partial charge in [0, 0.05) is 5.02 Å². The van der Waals surface area contributed by atoms with Crippen molar-refractivity contribution in [1.29, 1.82) is 0 Å². The Bertz CT molecular complexity index is 883. The summed E-state index contributed by atoms with van der Waals surface area (Å²) < 4.78 is 49.8. The minimum Gasteiger partial charge on any atom is -0.207 e. The van der Waals surface area contributed by atoms with Gasteiger partial charge in [-0.2, -0.15) is 0 Å². The van der Waals surface area contributed by atoms with Gasteiger partial charge in [0.05, 0.1) is 9.79 Å². The van der Waals surface area contributed by atoms with Crippen LogP contribution >= 0.6 is 11.6 Å².